The molecule has 0 fully saturated rings. The number of rotatable bonds is 4. The van der Waals surface area contributed by atoms with Crippen molar-refractivity contribution in [1.82, 2.24) is 15.5 Å². The van der Waals surface area contributed by atoms with Crippen LogP contribution in [0.4, 0.5) is 0 Å². The van der Waals surface area contributed by atoms with Crippen LogP contribution in [0.2, 0.25) is 0 Å². The Balaban J connectivity index is 1.69. The predicted octanol–water partition coefficient (Wildman–Crippen LogP) is 2.45. The summed E-state index contributed by atoms with van der Waals surface area (Å²) in [5.41, 5.74) is 2.11. The summed E-state index contributed by atoms with van der Waals surface area (Å²) in [5.74, 6) is 0.939. The maximum atomic E-state index is 5.25. The van der Waals surface area contributed by atoms with Crippen LogP contribution in [-0.2, 0) is 13.1 Å². The van der Waals surface area contributed by atoms with E-state index in [2.05, 4.69) is 21.6 Å². The summed E-state index contributed by atoms with van der Waals surface area (Å²) >= 11 is 0. The molecule has 0 bridgehead atoms. The molecular formula is C13H13N3O. The lowest BCUT2D eigenvalue weighted by atomic mass is 10.2. The number of benzene rings is 1. The van der Waals surface area contributed by atoms with E-state index < -0.39 is 0 Å². The van der Waals surface area contributed by atoms with E-state index in [4.69, 9.17) is 4.42 Å². The molecule has 0 aliphatic heterocycles. The van der Waals surface area contributed by atoms with Gasteiger partial charge in [-0.2, -0.15) is 5.10 Å². The maximum absolute atomic E-state index is 5.25. The van der Waals surface area contributed by atoms with Gasteiger partial charge in [0.1, 0.15) is 5.76 Å². The lowest BCUT2D eigenvalue weighted by molar-refractivity contribution is 0.482. The first-order valence-electron chi connectivity index (χ1n) is 5.58. The molecule has 4 heteroatoms. The first kappa shape index (κ1) is 10.1. The van der Waals surface area contributed by atoms with Crippen LogP contribution in [0.5, 0.6) is 0 Å². The fourth-order valence-corrected chi connectivity index (χ4v) is 1.87. The zero-order valence-electron chi connectivity index (χ0n) is 9.31. The molecule has 3 aromatic rings. The van der Waals surface area contributed by atoms with Crippen LogP contribution in [0.15, 0.2) is 47.1 Å². The lowest BCUT2D eigenvalue weighted by Crippen LogP contribution is -2.12. The van der Waals surface area contributed by atoms with Gasteiger partial charge in [-0.05, 0) is 18.2 Å². The number of nitrogens with one attached hydrogen (secondary N) is 2. The van der Waals surface area contributed by atoms with E-state index in [9.17, 15) is 0 Å². The number of hydrogen-bond acceptors (Lipinski definition) is 3. The average molecular weight is 227 g/mol. The molecule has 17 heavy (non-hydrogen) atoms. The molecule has 2 heterocycles. The van der Waals surface area contributed by atoms with Gasteiger partial charge in [0.15, 0.2) is 0 Å². The maximum Gasteiger partial charge on any atom is 0.117 e. The van der Waals surface area contributed by atoms with E-state index in [1.807, 2.05) is 30.3 Å². The minimum absolute atomic E-state index is 0.723. The van der Waals surface area contributed by atoms with Crippen molar-refractivity contribution in [2.75, 3.05) is 0 Å². The van der Waals surface area contributed by atoms with Gasteiger partial charge in [0.25, 0.3) is 0 Å². The lowest BCUT2D eigenvalue weighted by Gasteiger charge is -2.00. The van der Waals surface area contributed by atoms with Gasteiger partial charge >= 0.3 is 0 Å². The second-order valence-corrected chi connectivity index (χ2v) is 3.90. The number of aromatic amines is 1. The number of para-hydroxylation sites is 1. The summed E-state index contributed by atoms with van der Waals surface area (Å²) < 4.78 is 5.25. The Bertz CT molecular complexity index is 598. The minimum Gasteiger partial charge on any atom is -0.468 e. The largest absolute Gasteiger partial charge is 0.468 e. The van der Waals surface area contributed by atoms with E-state index >= 15 is 0 Å². The van der Waals surface area contributed by atoms with Crippen LogP contribution in [0, 0.1) is 0 Å². The summed E-state index contributed by atoms with van der Waals surface area (Å²) in [5, 5.41) is 11.8. The number of hydrogen-bond donors (Lipinski definition) is 2. The SMILES string of the molecule is c1coc(CNCc2[nH]nc3ccccc23)c1. The monoisotopic (exact) mass is 227 g/mol. The van der Waals surface area contributed by atoms with Gasteiger partial charge in [-0.3, -0.25) is 5.10 Å². The molecule has 4 nitrogen and oxygen atoms in total. The van der Waals surface area contributed by atoms with Crippen LogP contribution in [0.1, 0.15) is 11.5 Å². The molecule has 2 aromatic heterocycles. The fourth-order valence-electron chi connectivity index (χ4n) is 1.87. The molecule has 0 radical (unpaired) electrons. The van der Waals surface area contributed by atoms with E-state index in [0.29, 0.717) is 0 Å². The molecule has 0 aliphatic carbocycles. The van der Waals surface area contributed by atoms with Crippen LogP contribution in [0.3, 0.4) is 0 Å². The standard InChI is InChI=1S/C13H13N3O/c1-2-6-12-11(5-1)13(16-15-12)9-14-8-10-4-3-7-17-10/h1-7,14H,8-9H2,(H,15,16). The van der Waals surface area contributed by atoms with Gasteiger partial charge in [-0.25, -0.2) is 0 Å². The molecular weight excluding hydrogens is 214 g/mol. The molecule has 0 spiro atoms. The summed E-state index contributed by atoms with van der Waals surface area (Å²) in [6.45, 7) is 1.47. The molecule has 0 saturated heterocycles. The number of fused-ring (bicyclic) bond motifs is 1. The quantitative estimate of drug-likeness (QED) is 0.719. The van der Waals surface area contributed by atoms with Crippen LogP contribution in [0.25, 0.3) is 10.9 Å². The third kappa shape index (κ3) is 2.07. The first-order valence-corrected chi connectivity index (χ1v) is 5.58. The normalized spacial score (nSPS) is 11.1. The molecule has 3 rings (SSSR count). The van der Waals surface area contributed by atoms with E-state index in [-0.39, 0.29) is 0 Å². The smallest absolute Gasteiger partial charge is 0.117 e. The highest BCUT2D eigenvalue weighted by molar-refractivity contribution is 5.81. The van der Waals surface area contributed by atoms with Gasteiger partial charge in [0, 0.05) is 11.9 Å². The van der Waals surface area contributed by atoms with Crippen molar-refractivity contribution in [2.45, 2.75) is 13.1 Å². The van der Waals surface area contributed by atoms with Gasteiger partial charge in [0.05, 0.1) is 24.0 Å². The minimum atomic E-state index is 0.723. The molecule has 1 aromatic carbocycles. The molecule has 0 aliphatic rings. The molecule has 0 unspecified atom stereocenters. The van der Waals surface area contributed by atoms with Crippen LogP contribution in [-0.4, -0.2) is 10.2 Å². The van der Waals surface area contributed by atoms with Crippen molar-refractivity contribution in [2.24, 2.45) is 0 Å². The topological polar surface area (TPSA) is 53.9 Å². The van der Waals surface area contributed by atoms with E-state index in [1.165, 1.54) is 5.39 Å². The van der Waals surface area contributed by atoms with Crippen molar-refractivity contribution in [3.8, 4) is 0 Å². The summed E-state index contributed by atoms with van der Waals surface area (Å²) in [6, 6.07) is 11.9. The third-order valence-electron chi connectivity index (χ3n) is 2.72. The Kier molecular flexibility index (Phi) is 2.63. The molecule has 0 saturated carbocycles. The Hall–Kier alpha value is -2.07. The van der Waals surface area contributed by atoms with Gasteiger partial charge < -0.3 is 9.73 Å². The van der Waals surface area contributed by atoms with Gasteiger partial charge in [-0.15, -0.1) is 0 Å². The molecule has 86 valence electrons. The van der Waals surface area contributed by atoms with Crippen molar-refractivity contribution >= 4 is 10.9 Å². The van der Waals surface area contributed by atoms with Crippen molar-refractivity contribution < 1.29 is 4.42 Å². The third-order valence-corrected chi connectivity index (χ3v) is 2.72. The van der Waals surface area contributed by atoms with Gasteiger partial charge in [0.2, 0.25) is 0 Å². The number of nitrogens with zero attached hydrogens (tertiary/aromatic N) is 1. The number of aromatic nitrogens is 2. The highest BCUT2D eigenvalue weighted by Gasteiger charge is 2.03. The summed E-state index contributed by atoms with van der Waals surface area (Å²) in [7, 11) is 0. The average Bonchev–Trinajstić information content (AvgIpc) is 2.99. The number of furan rings is 1. The van der Waals surface area contributed by atoms with Crippen molar-refractivity contribution in [1.29, 1.82) is 0 Å². The van der Waals surface area contributed by atoms with Crippen LogP contribution >= 0.6 is 0 Å². The van der Waals surface area contributed by atoms with Gasteiger partial charge in [-0.1, -0.05) is 18.2 Å². The molecule has 0 amide bonds. The zero-order chi connectivity index (χ0) is 11.5. The van der Waals surface area contributed by atoms with Crippen LogP contribution < -0.4 is 5.32 Å². The Labute approximate surface area is 98.6 Å². The summed E-state index contributed by atoms with van der Waals surface area (Å²) in [6.07, 6.45) is 1.68. The second kappa shape index (κ2) is 4.43. The Morgan fingerprint density at radius 2 is 2.06 bits per heavy atom. The highest BCUT2D eigenvalue weighted by atomic mass is 16.3. The Morgan fingerprint density at radius 1 is 1.12 bits per heavy atom. The summed E-state index contributed by atoms with van der Waals surface area (Å²) in [4.78, 5) is 0. The number of H-pyrrole nitrogens is 1. The second-order valence-electron chi connectivity index (χ2n) is 3.90. The fraction of sp³-hybridized carbons (Fsp3) is 0.154. The predicted molar refractivity (Wildman–Crippen MR) is 65.3 cm³/mol. The Morgan fingerprint density at radius 3 is 2.94 bits per heavy atom. The van der Waals surface area contributed by atoms with Crippen molar-refractivity contribution in [3.05, 3.63) is 54.1 Å². The first-order chi connectivity index (χ1) is 8.43. The molecule has 2 N–H and O–H groups in total. The van der Waals surface area contributed by atoms with E-state index in [0.717, 1.165) is 30.1 Å². The zero-order valence-corrected chi connectivity index (χ0v) is 9.31. The highest BCUT2D eigenvalue weighted by Crippen LogP contribution is 2.14. The molecule has 0 atom stereocenters. The van der Waals surface area contributed by atoms with E-state index in [1.54, 1.807) is 6.26 Å². The van der Waals surface area contributed by atoms with Crippen molar-refractivity contribution in [3.63, 3.8) is 0 Å².